The molecule has 1 unspecified atom stereocenters. The van der Waals surface area contributed by atoms with Gasteiger partial charge in [-0.1, -0.05) is 30.3 Å². The van der Waals surface area contributed by atoms with Gasteiger partial charge in [-0.05, 0) is 49.2 Å². The van der Waals surface area contributed by atoms with Gasteiger partial charge < -0.3 is 19.0 Å². The molecular weight excluding hydrogens is 408 g/mol. The van der Waals surface area contributed by atoms with Crippen LogP contribution in [0.4, 0.5) is 0 Å². The Hall–Kier alpha value is -4.31. The number of rotatable bonds is 7. The van der Waals surface area contributed by atoms with Crippen molar-refractivity contribution in [2.75, 3.05) is 0 Å². The highest BCUT2D eigenvalue weighted by Crippen LogP contribution is 2.34. The number of carbonyl (C=O) groups is 1. The summed E-state index contributed by atoms with van der Waals surface area (Å²) in [6.07, 6.45) is 1.38. The molecule has 32 heavy (non-hydrogen) atoms. The Morgan fingerprint density at radius 1 is 1.19 bits per heavy atom. The topological polar surface area (TPSA) is 106 Å². The van der Waals surface area contributed by atoms with Crippen LogP contribution < -0.4 is 9.47 Å². The van der Waals surface area contributed by atoms with Crippen LogP contribution in [0.3, 0.4) is 0 Å². The molecule has 1 atom stereocenters. The van der Waals surface area contributed by atoms with Crippen LogP contribution in [0.1, 0.15) is 29.2 Å². The summed E-state index contributed by atoms with van der Waals surface area (Å²) in [5.41, 5.74) is 2.08. The zero-order chi connectivity index (χ0) is 22.7. The van der Waals surface area contributed by atoms with Crippen molar-refractivity contribution in [1.82, 2.24) is 4.98 Å². The van der Waals surface area contributed by atoms with E-state index >= 15 is 0 Å². The number of aromatic nitrogens is 1. The van der Waals surface area contributed by atoms with E-state index in [1.54, 1.807) is 24.3 Å². The Morgan fingerprint density at radius 2 is 2.00 bits per heavy atom. The third-order valence-corrected chi connectivity index (χ3v) is 5.26. The van der Waals surface area contributed by atoms with Gasteiger partial charge in [-0.15, -0.1) is 0 Å². The average molecular weight is 428 g/mol. The van der Waals surface area contributed by atoms with Crippen molar-refractivity contribution >= 4 is 17.1 Å². The minimum Gasteiger partial charge on any atom is -0.489 e. The van der Waals surface area contributed by atoms with Gasteiger partial charge >= 0.3 is 5.97 Å². The van der Waals surface area contributed by atoms with Crippen molar-refractivity contribution in [3.63, 3.8) is 0 Å². The van der Waals surface area contributed by atoms with Gasteiger partial charge in [0, 0.05) is 11.6 Å². The Labute approximate surface area is 184 Å². The van der Waals surface area contributed by atoms with Crippen molar-refractivity contribution in [2.24, 2.45) is 0 Å². The molecule has 3 aromatic carbocycles. The molecule has 4 rings (SSSR count). The molecule has 7 heteroatoms. The van der Waals surface area contributed by atoms with Gasteiger partial charge in [0.25, 0.3) is 0 Å². The van der Waals surface area contributed by atoms with Gasteiger partial charge in [-0.2, -0.15) is 5.26 Å². The summed E-state index contributed by atoms with van der Waals surface area (Å²) in [5.74, 6) is -0.597. The van der Waals surface area contributed by atoms with Crippen LogP contribution in [0, 0.1) is 18.3 Å². The lowest BCUT2D eigenvalue weighted by molar-refractivity contribution is -0.154. The van der Waals surface area contributed by atoms with Gasteiger partial charge in [0.15, 0.2) is 12.0 Å². The molecule has 0 saturated heterocycles. The molecule has 0 spiro atoms. The zero-order valence-corrected chi connectivity index (χ0v) is 17.5. The Kier molecular flexibility index (Phi) is 5.52. The molecule has 0 aliphatic carbocycles. The number of benzene rings is 3. The van der Waals surface area contributed by atoms with E-state index in [4.69, 9.17) is 13.9 Å². The normalized spacial score (nSPS) is 12.7. The van der Waals surface area contributed by atoms with Crippen LogP contribution in [-0.4, -0.2) is 16.1 Å². The maximum atomic E-state index is 12.2. The van der Waals surface area contributed by atoms with Crippen molar-refractivity contribution in [2.45, 2.75) is 26.1 Å². The number of nitrogens with zero attached hydrogens (tertiary/aromatic N) is 2. The molecule has 0 bridgehead atoms. The van der Waals surface area contributed by atoms with Crippen LogP contribution in [0.15, 0.2) is 71.5 Å². The van der Waals surface area contributed by atoms with Crippen molar-refractivity contribution in [3.05, 3.63) is 89.3 Å². The second-order valence-electron chi connectivity index (χ2n) is 7.47. The quantitative estimate of drug-likeness (QED) is 0.443. The lowest BCUT2D eigenvalue weighted by Crippen LogP contribution is -2.39. The molecule has 160 valence electrons. The Balaban J connectivity index is 1.61. The Bertz CT molecular complexity index is 1340. The second kappa shape index (κ2) is 8.44. The molecular formula is C25H20N2O5. The molecule has 0 saturated carbocycles. The number of oxazole rings is 1. The fourth-order valence-electron chi connectivity index (χ4n) is 3.47. The lowest BCUT2D eigenvalue weighted by atomic mass is 9.91. The van der Waals surface area contributed by atoms with E-state index in [1.165, 1.54) is 19.4 Å². The minimum absolute atomic E-state index is 0.129. The molecule has 4 aromatic rings. The molecule has 1 N–H and O–H groups in total. The first-order valence-electron chi connectivity index (χ1n) is 9.88. The molecule has 0 aliphatic heterocycles. The maximum absolute atomic E-state index is 12.2. The number of carboxylic acid groups (broad SMARTS) is 1. The number of hydrogen-bond donors (Lipinski definition) is 1. The zero-order valence-electron chi connectivity index (χ0n) is 17.5. The number of aryl methyl sites for hydroxylation is 1. The van der Waals surface area contributed by atoms with Crippen molar-refractivity contribution in [3.8, 4) is 17.6 Å². The summed E-state index contributed by atoms with van der Waals surface area (Å²) in [5, 5.41) is 19.5. The predicted octanol–water partition coefficient (Wildman–Crippen LogP) is 4.97. The predicted molar refractivity (Wildman–Crippen MR) is 116 cm³/mol. The van der Waals surface area contributed by atoms with Gasteiger partial charge in [0.05, 0.1) is 5.56 Å². The molecule has 0 aliphatic rings. The van der Waals surface area contributed by atoms with E-state index in [0.29, 0.717) is 16.9 Å². The van der Waals surface area contributed by atoms with E-state index in [-0.39, 0.29) is 17.9 Å². The number of hydrogen-bond acceptors (Lipinski definition) is 6. The SMILES string of the molecule is Cc1ccccc1C(C)(Oc1cc(OCc2ccc3ncoc3c2)ccc1C#N)C(=O)O. The summed E-state index contributed by atoms with van der Waals surface area (Å²) in [6, 6.07) is 19.4. The van der Waals surface area contributed by atoms with E-state index < -0.39 is 11.6 Å². The van der Waals surface area contributed by atoms with Crippen molar-refractivity contribution in [1.29, 1.82) is 5.26 Å². The third-order valence-electron chi connectivity index (χ3n) is 5.26. The molecule has 1 heterocycles. The largest absolute Gasteiger partial charge is 0.489 e. The number of fused-ring (bicyclic) bond motifs is 1. The number of nitriles is 1. The number of ether oxygens (including phenoxy) is 2. The summed E-state index contributed by atoms with van der Waals surface area (Å²) >= 11 is 0. The fraction of sp³-hybridized carbons (Fsp3) is 0.160. The maximum Gasteiger partial charge on any atom is 0.352 e. The molecule has 1 aromatic heterocycles. The van der Waals surface area contributed by atoms with E-state index in [9.17, 15) is 15.2 Å². The first-order chi connectivity index (χ1) is 15.4. The number of aliphatic carboxylic acids is 1. The summed E-state index contributed by atoms with van der Waals surface area (Å²) in [7, 11) is 0. The van der Waals surface area contributed by atoms with E-state index in [0.717, 1.165) is 16.6 Å². The monoisotopic (exact) mass is 428 g/mol. The molecule has 0 fully saturated rings. The van der Waals surface area contributed by atoms with Crippen LogP contribution in [0.25, 0.3) is 11.1 Å². The van der Waals surface area contributed by atoms with Gasteiger partial charge in [-0.3, -0.25) is 0 Å². The van der Waals surface area contributed by atoms with Crippen molar-refractivity contribution < 1.29 is 23.8 Å². The third kappa shape index (κ3) is 3.98. The molecule has 0 radical (unpaired) electrons. The van der Waals surface area contributed by atoms with Crippen LogP contribution in [0.2, 0.25) is 0 Å². The summed E-state index contributed by atoms with van der Waals surface area (Å²) < 4.78 is 17.1. The summed E-state index contributed by atoms with van der Waals surface area (Å²) in [4.78, 5) is 16.3. The van der Waals surface area contributed by atoms with Gasteiger partial charge in [0.1, 0.15) is 29.7 Å². The van der Waals surface area contributed by atoms with E-state index in [2.05, 4.69) is 4.98 Å². The summed E-state index contributed by atoms with van der Waals surface area (Å²) in [6.45, 7) is 3.53. The Morgan fingerprint density at radius 3 is 2.75 bits per heavy atom. The van der Waals surface area contributed by atoms with Crippen LogP contribution >= 0.6 is 0 Å². The fourth-order valence-corrected chi connectivity index (χ4v) is 3.47. The molecule has 7 nitrogen and oxygen atoms in total. The highest BCUT2D eigenvalue weighted by molar-refractivity contribution is 5.80. The number of carboxylic acids is 1. The van der Waals surface area contributed by atoms with Crippen LogP contribution in [0.5, 0.6) is 11.5 Å². The lowest BCUT2D eigenvalue weighted by Gasteiger charge is -2.28. The minimum atomic E-state index is -1.69. The highest BCUT2D eigenvalue weighted by atomic mass is 16.5. The smallest absolute Gasteiger partial charge is 0.352 e. The average Bonchev–Trinajstić information content (AvgIpc) is 3.26. The second-order valence-corrected chi connectivity index (χ2v) is 7.47. The highest BCUT2D eigenvalue weighted by Gasteiger charge is 2.39. The van der Waals surface area contributed by atoms with E-state index in [1.807, 2.05) is 43.3 Å². The first kappa shape index (κ1) is 20.9. The van der Waals surface area contributed by atoms with Gasteiger partial charge in [-0.25, -0.2) is 9.78 Å². The standard InChI is InChI=1S/C25H20N2O5/c1-16-5-3-4-6-20(16)25(2,24(28)29)32-22-12-19(9-8-18(22)13-26)30-14-17-7-10-21-23(11-17)31-15-27-21/h3-12,15H,14H2,1-2H3,(H,28,29). The van der Waals surface area contributed by atoms with Crippen LogP contribution in [-0.2, 0) is 17.0 Å². The first-order valence-corrected chi connectivity index (χ1v) is 9.88. The molecule has 0 amide bonds. The van der Waals surface area contributed by atoms with Gasteiger partial charge in [0.2, 0.25) is 5.60 Å².